The van der Waals surface area contributed by atoms with Gasteiger partial charge >= 0.3 is 5.97 Å². The summed E-state index contributed by atoms with van der Waals surface area (Å²) in [6.45, 7) is 4.20. The highest BCUT2D eigenvalue weighted by atomic mass is 32.2. The Hall–Kier alpha value is -1.87. The first kappa shape index (κ1) is 19.9. The van der Waals surface area contributed by atoms with Gasteiger partial charge in [0.2, 0.25) is 16.8 Å². The van der Waals surface area contributed by atoms with E-state index in [4.69, 9.17) is 9.52 Å². The van der Waals surface area contributed by atoms with Crippen molar-refractivity contribution < 1.29 is 27.5 Å². The van der Waals surface area contributed by atoms with Gasteiger partial charge in [0.25, 0.3) is 10.0 Å². The first-order valence-corrected chi connectivity index (χ1v) is 10.9. The summed E-state index contributed by atoms with van der Waals surface area (Å²) >= 11 is 0. The second-order valence-corrected chi connectivity index (χ2v) is 9.17. The van der Waals surface area contributed by atoms with Crippen molar-refractivity contribution in [1.82, 2.24) is 9.21 Å². The fraction of sp³-hybridized carbons (Fsp3) is 0.667. The average Bonchev–Trinajstić information content (AvgIpc) is 3.19. The minimum Gasteiger partial charge on any atom is -0.475 e. The number of piperidine rings is 2. The summed E-state index contributed by atoms with van der Waals surface area (Å²) in [6, 6.07) is 2.29. The van der Waals surface area contributed by atoms with Crippen LogP contribution in [0.3, 0.4) is 0 Å². The van der Waals surface area contributed by atoms with E-state index in [0.29, 0.717) is 18.8 Å². The fourth-order valence-corrected chi connectivity index (χ4v) is 5.28. The zero-order chi connectivity index (χ0) is 19.6. The van der Waals surface area contributed by atoms with Crippen LogP contribution in [-0.2, 0) is 14.8 Å². The van der Waals surface area contributed by atoms with Crippen molar-refractivity contribution >= 4 is 21.9 Å². The van der Waals surface area contributed by atoms with Gasteiger partial charge in [0, 0.05) is 32.1 Å². The molecule has 0 aliphatic carbocycles. The third-order valence-corrected chi connectivity index (χ3v) is 7.37. The first-order valence-electron chi connectivity index (χ1n) is 9.45. The Bertz CT molecular complexity index is 795. The summed E-state index contributed by atoms with van der Waals surface area (Å²) < 4.78 is 31.5. The molecule has 0 spiro atoms. The molecule has 1 unspecified atom stereocenters. The maximum absolute atomic E-state index is 12.8. The van der Waals surface area contributed by atoms with E-state index in [2.05, 4.69) is 6.92 Å². The molecule has 1 N–H and O–H groups in total. The zero-order valence-electron chi connectivity index (χ0n) is 15.5. The van der Waals surface area contributed by atoms with Gasteiger partial charge in [0.1, 0.15) is 0 Å². The Balaban J connectivity index is 1.60. The summed E-state index contributed by atoms with van der Waals surface area (Å²) in [7, 11) is -3.88. The van der Waals surface area contributed by atoms with Crippen LogP contribution in [0.2, 0.25) is 0 Å². The Kier molecular flexibility index (Phi) is 5.90. The second kappa shape index (κ2) is 8.02. The van der Waals surface area contributed by atoms with Gasteiger partial charge in [-0.25, -0.2) is 13.2 Å². The molecule has 2 fully saturated rings. The van der Waals surface area contributed by atoms with Crippen LogP contribution in [0, 0.1) is 11.8 Å². The number of nitrogens with zero attached hydrogens (tertiary/aromatic N) is 2. The number of hydrogen-bond acceptors (Lipinski definition) is 5. The summed E-state index contributed by atoms with van der Waals surface area (Å²) in [5.74, 6) is -1.18. The van der Waals surface area contributed by atoms with Gasteiger partial charge in [-0.15, -0.1) is 0 Å². The number of amides is 1. The third-order valence-electron chi connectivity index (χ3n) is 5.60. The number of likely N-dealkylation sites (tertiary alicyclic amines) is 1. The molecule has 8 nitrogen and oxygen atoms in total. The standard InChI is InChI=1S/C18H26N2O6S/c1-2-13-4-3-9-19(12-13)17(21)14-7-10-20(11-8-14)27(24,25)16-6-5-15(26-16)18(22)23/h5-6,13-14H,2-4,7-12H2,1H3,(H,22,23). The largest absolute Gasteiger partial charge is 0.475 e. The summed E-state index contributed by atoms with van der Waals surface area (Å²) in [5.41, 5.74) is 0. The third kappa shape index (κ3) is 4.19. The van der Waals surface area contributed by atoms with Crippen LogP contribution >= 0.6 is 0 Å². The van der Waals surface area contributed by atoms with E-state index >= 15 is 0 Å². The number of furan rings is 1. The summed E-state index contributed by atoms with van der Waals surface area (Å²) in [5, 5.41) is 8.52. The minimum atomic E-state index is -3.88. The number of carbonyl (C=O) groups is 2. The van der Waals surface area contributed by atoms with E-state index in [0.717, 1.165) is 38.1 Å². The lowest BCUT2D eigenvalue weighted by Gasteiger charge is -2.37. The number of carboxylic acid groups (broad SMARTS) is 1. The number of carbonyl (C=O) groups excluding carboxylic acids is 1. The molecule has 9 heteroatoms. The minimum absolute atomic E-state index is 0.136. The molecule has 1 aromatic heterocycles. The van der Waals surface area contributed by atoms with Gasteiger partial charge in [-0.3, -0.25) is 4.79 Å². The van der Waals surface area contributed by atoms with Crippen molar-refractivity contribution in [2.24, 2.45) is 11.8 Å². The Morgan fingerprint density at radius 3 is 2.48 bits per heavy atom. The molecule has 1 amide bonds. The van der Waals surface area contributed by atoms with Crippen molar-refractivity contribution in [1.29, 1.82) is 0 Å². The second-order valence-electron chi connectivity index (χ2n) is 7.30. The zero-order valence-corrected chi connectivity index (χ0v) is 16.3. The van der Waals surface area contributed by atoms with E-state index in [1.807, 2.05) is 4.90 Å². The predicted molar refractivity (Wildman–Crippen MR) is 96.7 cm³/mol. The maximum Gasteiger partial charge on any atom is 0.371 e. The Morgan fingerprint density at radius 1 is 1.19 bits per heavy atom. The van der Waals surface area contributed by atoms with Gasteiger partial charge in [0.05, 0.1) is 0 Å². The molecule has 3 heterocycles. The van der Waals surface area contributed by atoms with Crippen LogP contribution < -0.4 is 0 Å². The number of aromatic carboxylic acids is 1. The maximum atomic E-state index is 12.8. The smallest absolute Gasteiger partial charge is 0.371 e. The van der Waals surface area contributed by atoms with Gasteiger partial charge in [-0.1, -0.05) is 13.3 Å². The number of rotatable bonds is 5. The lowest BCUT2D eigenvalue weighted by molar-refractivity contribution is -0.138. The topological polar surface area (TPSA) is 108 Å². The van der Waals surface area contributed by atoms with E-state index in [1.165, 1.54) is 10.7 Å². The number of hydrogen-bond donors (Lipinski definition) is 1. The van der Waals surface area contributed by atoms with E-state index in [-0.39, 0.29) is 30.0 Å². The number of carboxylic acids is 1. The molecule has 3 rings (SSSR count). The molecule has 2 aliphatic rings. The quantitative estimate of drug-likeness (QED) is 0.813. The van der Waals surface area contributed by atoms with Gasteiger partial charge in [-0.05, 0) is 43.7 Å². The Morgan fingerprint density at radius 2 is 1.89 bits per heavy atom. The van der Waals surface area contributed by atoms with Crippen LogP contribution in [0.25, 0.3) is 0 Å². The molecule has 1 atom stereocenters. The highest BCUT2D eigenvalue weighted by Crippen LogP contribution is 2.28. The van der Waals surface area contributed by atoms with Crippen LogP contribution in [0.5, 0.6) is 0 Å². The normalized spacial score (nSPS) is 22.7. The van der Waals surface area contributed by atoms with Gasteiger partial charge in [0.15, 0.2) is 0 Å². The fourth-order valence-electron chi connectivity index (χ4n) is 3.90. The predicted octanol–water partition coefficient (Wildman–Crippen LogP) is 2.03. The van der Waals surface area contributed by atoms with Crippen LogP contribution in [0.1, 0.15) is 49.6 Å². The van der Waals surface area contributed by atoms with E-state index in [9.17, 15) is 18.0 Å². The average molecular weight is 398 g/mol. The van der Waals surface area contributed by atoms with E-state index < -0.39 is 21.8 Å². The highest BCUT2D eigenvalue weighted by Gasteiger charge is 2.36. The molecule has 0 bridgehead atoms. The molecule has 27 heavy (non-hydrogen) atoms. The monoisotopic (exact) mass is 398 g/mol. The molecule has 0 aromatic carbocycles. The first-order chi connectivity index (χ1) is 12.8. The van der Waals surface area contributed by atoms with Gasteiger partial charge < -0.3 is 14.4 Å². The van der Waals surface area contributed by atoms with Crippen LogP contribution in [-0.4, -0.2) is 60.8 Å². The van der Waals surface area contributed by atoms with Crippen molar-refractivity contribution in [3.05, 3.63) is 17.9 Å². The van der Waals surface area contributed by atoms with Crippen LogP contribution in [0.15, 0.2) is 21.6 Å². The van der Waals surface area contributed by atoms with Crippen molar-refractivity contribution in [3.8, 4) is 0 Å². The van der Waals surface area contributed by atoms with Crippen LogP contribution in [0.4, 0.5) is 0 Å². The summed E-state index contributed by atoms with van der Waals surface area (Å²) in [6.07, 6.45) is 4.21. The van der Waals surface area contributed by atoms with E-state index in [1.54, 1.807) is 0 Å². The summed E-state index contributed by atoms with van der Waals surface area (Å²) in [4.78, 5) is 25.6. The van der Waals surface area contributed by atoms with Crippen molar-refractivity contribution in [3.63, 3.8) is 0 Å². The van der Waals surface area contributed by atoms with Crippen molar-refractivity contribution in [2.75, 3.05) is 26.2 Å². The molecule has 1 aromatic rings. The lowest BCUT2D eigenvalue weighted by atomic mass is 9.92. The molecule has 2 aliphatic heterocycles. The number of sulfonamides is 1. The molecular formula is C18H26N2O6S. The molecular weight excluding hydrogens is 372 g/mol. The Labute approximate surface area is 159 Å². The molecule has 0 saturated carbocycles. The van der Waals surface area contributed by atoms with Crippen molar-refractivity contribution in [2.45, 2.75) is 44.1 Å². The molecule has 2 saturated heterocycles. The highest BCUT2D eigenvalue weighted by molar-refractivity contribution is 7.89. The lowest BCUT2D eigenvalue weighted by Crippen LogP contribution is -2.47. The molecule has 0 radical (unpaired) electrons. The SMILES string of the molecule is CCC1CCCN(C(=O)C2CCN(S(=O)(=O)c3ccc(C(=O)O)o3)CC2)C1. The van der Waals surface area contributed by atoms with Gasteiger partial charge in [-0.2, -0.15) is 4.31 Å². The molecule has 150 valence electrons.